The Bertz CT molecular complexity index is 554. The van der Waals surface area contributed by atoms with Crippen LogP contribution in [0.5, 0.6) is 0 Å². The van der Waals surface area contributed by atoms with Gasteiger partial charge in [-0.2, -0.15) is 0 Å². The monoisotopic (exact) mass is 389 g/mol. The SMILES string of the molecule is BC(B)(B)O[C@H]1CC[C@](Cc2ccc(Br)cc2C)(C(C)NC)CC1. The number of rotatable bonds is 6. The number of hydrogen-bond acceptors (Lipinski definition) is 2. The summed E-state index contributed by atoms with van der Waals surface area (Å²) in [6.45, 7) is 4.57. The second kappa shape index (κ2) is 8.01. The summed E-state index contributed by atoms with van der Waals surface area (Å²) in [6, 6.07) is 7.22. The van der Waals surface area contributed by atoms with Gasteiger partial charge in [0.25, 0.3) is 0 Å². The van der Waals surface area contributed by atoms with Gasteiger partial charge in [0, 0.05) is 10.5 Å². The van der Waals surface area contributed by atoms with Gasteiger partial charge < -0.3 is 10.1 Å². The van der Waals surface area contributed by atoms with Gasteiger partial charge in [-0.15, -0.1) is 0 Å². The number of hydrogen-bond donors (Lipinski definition) is 1. The van der Waals surface area contributed by atoms with E-state index in [4.69, 9.17) is 4.74 Å². The molecule has 1 fully saturated rings. The lowest BCUT2D eigenvalue weighted by molar-refractivity contribution is -0.0170. The molecule has 2 nitrogen and oxygen atoms in total. The van der Waals surface area contributed by atoms with Crippen molar-refractivity contribution in [3.8, 4) is 0 Å². The van der Waals surface area contributed by atoms with Crippen LogP contribution in [0, 0.1) is 12.3 Å². The lowest BCUT2D eigenvalue weighted by atomic mass is 9.52. The van der Waals surface area contributed by atoms with E-state index in [1.165, 1.54) is 41.3 Å². The highest BCUT2D eigenvalue weighted by Crippen LogP contribution is 2.43. The Morgan fingerprint density at radius 3 is 2.46 bits per heavy atom. The summed E-state index contributed by atoms with van der Waals surface area (Å²) in [5.74, 6) is 0. The molecule has 1 unspecified atom stereocenters. The minimum Gasteiger partial charge on any atom is -0.398 e. The number of ether oxygens (including phenoxy) is 1. The fraction of sp³-hybridized carbons (Fsp3) is 0.667. The van der Waals surface area contributed by atoms with E-state index in [2.05, 4.69) is 83.9 Å². The van der Waals surface area contributed by atoms with E-state index >= 15 is 0 Å². The Kier molecular flexibility index (Phi) is 6.72. The Labute approximate surface area is 159 Å². The van der Waals surface area contributed by atoms with Crippen LogP contribution in [0.4, 0.5) is 0 Å². The molecular weight excluding hydrogens is 359 g/mol. The van der Waals surface area contributed by atoms with Gasteiger partial charge in [0.1, 0.15) is 23.5 Å². The number of halogens is 1. The highest BCUT2D eigenvalue weighted by Gasteiger charge is 2.40. The first-order chi connectivity index (χ1) is 11.1. The van der Waals surface area contributed by atoms with E-state index in [-0.39, 0.29) is 5.30 Å². The molecule has 0 spiro atoms. The first-order valence-corrected chi connectivity index (χ1v) is 10.0. The van der Waals surface area contributed by atoms with Gasteiger partial charge in [-0.25, -0.2) is 0 Å². The predicted molar refractivity (Wildman–Crippen MR) is 115 cm³/mol. The standard InChI is InChI=1S/C18H31B3BrNO/c1-12-10-15(22)5-4-14(12)11-17(13(2)23-3)8-6-16(7-9-17)24-18(19,20)21/h4-5,10,13,16,23H,6-9,11,19-21H2,1-3H3/t13?,16-,17-. The predicted octanol–water partition coefficient (Wildman–Crippen LogP) is 1.36. The molecule has 1 aliphatic carbocycles. The molecule has 0 saturated heterocycles. The Morgan fingerprint density at radius 2 is 1.96 bits per heavy atom. The van der Waals surface area contributed by atoms with Gasteiger partial charge in [0.05, 0.1) is 6.10 Å². The van der Waals surface area contributed by atoms with Crippen molar-refractivity contribution >= 4 is 39.5 Å². The van der Waals surface area contributed by atoms with Crippen LogP contribution in [0.3, 0.4) is 0 Å². The molecule has 0 bridgehead atoms. The molecule has 1 aliphatic rings. The maximum atomic E-state index is 6.25. The maximum absolute atomic E-state index is 6.25. The molecule has 1 N–H and O–H groups in total. The number of benzene rings is 1. The van der Waals surface area contributed by atoms with E-state index < -0.39 is 0 Å². The Hall–Kier alpha value is -0.185. The summed E-state index contributed by atoms with van der Waals surface area (Å²) in [5.41, 5.74) is 3.20. The van der Waals surface area contributed by atoms with Gasteiger partial charge in [0.15, 0.2) is 0 Å². The number of aryl methyl sites for hydroxylation is 1. The Morgan fingerprint density at radius 1 is 1.33 bits per heavy atom. The van der Waals surface area contributed by atoms with Crippen LogP contribution >= 0.6 is 15.9 Å². The number of nitrogens with one attached hydrogen (secondary N) is 1. The molecule has 6 heteroatoms. The van der Waals surface area contributed by atoms with Gasteiger partial charge in [-0.05, 0) is 87.0 Å². The molecule has 0 aliphatic heterocycles. The summed E-state index contributed by atoms with van der Waals surface area (Å²) in [5, 5.41) is 3.50. The van der Waals surface area contributed by atoms with Crippen molar-refractivity contribution in [3.05, 3.63) is 33.8 Å². The zero-order chi connectivity index (χ0) is 18.0. The van der Waals surface area contributed by atoms with Crippen LogP contribution in [0.2, 0.25) is 0 Å². The average Bonchev–Trinajstić information content (AvgIpc) is 2.50. The van der Waals surface area contributed by atoms with Crippen LogP contribution in [-0.4, -0.2) is 48.0 Å². The summed E-state index contributed by atoms with van der Waals surface area (Å²) in [6.07, 6.45) is 6.35. The smallest absolute Gasteiger partial charge is 0.121 e. The molecule has 0 heterocycles. The van der Waals surface area contributed by atoms with Crippen molar-refractivity contribution in [2.75, 3.05) is 7.05 Å². The van der Waals surface area contributed by atoms with E-state index in [1.54, 1.807) is 0 Å². The second-order valence-corrected chi connectivity index (χ2v) is 9.47. The van der Waals surface area contributed by atoms with E-state index in [0.717, 1.165) is 6.42 Å². The molecule has 24 heavy (non-hydrogen) atoms. The molecule has 2 rings (SSSR count). The summed E-state index contributed by atoms with van der Waals surface area (Å²) < 4.78 is 7.42. The molecule has 1 aromatic carbocycles. The van der Waals surface area contributed by atoms with Crippen molar-refractivity contribution in [1.29, 1.82) is 0 Å². The molecule has 0 amide bonds. The van der Waals surface area contributed by atoms with Crippen LogP contribution in [0.1, 0.15) is 43.7 Å². The van der Waals surface area contributed by atoms with Crippen molar-refractivity contribution in [2.45, 2.75) is 63.4 Å². The summed E-state index contributed by atoms with van der Waals surface area (Å²) >= 11 is 3.58. The molecule has 0 radical (unpaired) electrons. The lowest BCUT2D eigenvalue weighted by Gasteiger charge is -2.46. The third kappa shape index (κ3) is 5.16. The minimum absolute atomic E-state index is 0.0401. The van der Waals surface area contributed by atoms with Gasteiger partial charge in [-0.1, -0.05) is 22.0 Å². The average molecular weight is 390 g/mol. The molecule has 1 atom stereocenters. The van der Waals surface area contributed by atoms with Crippen molar-refractivity contribution in [1.82, 2.24) is 5.32 Å². The Balaban J connectivity index is 2.14. The highest BCUT2D eigenvalue weighted by atomic mass is 79.9. The van der Waals surface area contributed by atoms with Crippen LogP contribution in [-0.2, 0) is 11.2 Å². The van der Waals surface area contributed by atoms with E-state index in [9.17, 15) is 0 Å². The zero-order valence-electron chi connectivity index (χ0n) is 16.2. The third-order valence-corrected chi connectivity index (χ3v) is 6.14. The van der Waals surface area contributed by atoms with Crippen LogP contribution < -0.4 is 5.32 Å². The topological polar surface area (TPSA) is 21.3 Å². The maximum Gasteiger partial charge on any atom is 0.121 e. The molecule has 0 aromatic heterocycles. The molecular formula is C18H31B3BrNO. The first-order valence-electron chi connectivity index (χ1n) is 9.25. The van der Waals surface area contributed by atoms with Crippen molar-refractivity contribution in [3.63, 3.8) is 0 Å². The van der Waals surface area contributed by atoms with E-state index in [0.29, 0.717) is 17.6 Å². The molecule has 130 valence electrons. The lowest BCUT2D eigenvalue weighted by Crippen LogP contribution is -2.48. The minimum atomic E-state index is -0.0401. The van der Waals surface area contributed by atoms with Crippen LogP contribution in [0.15, 0.2) is 22.7 Å². The third-order valence-electron chi connectivity index (χ3n) is 5.65. The van der Waals surface area contributed by atoms with Crippen molar-refractivity contribution in [2.24, 2.45) is 5.41 Å². The quantitative estimate of drug-likeness (QED) is 0.742. The molecule has 1 saturated carbocycles. The summed E-state index contributed by atoms with van der Waals surface area (Å²) in [4.78, 5) is 0. The highest BCUT2D eigenvalue weighted by molar-refractivity contribution is 9.10. The second-order valence-electron chi connectivity index (χ2n) is 8.55. The van der Waals surface area contributed by atoms with E-state index in [1.807, 2.05) is 0 Å². The van der Waals surface area contributed by atoms with Gasteiger partial charge >= 0.3 is 0 Å². The van der Waals surface area contributed by atoms with Crippen LogP contribution in [0.25, 0.3) is 0 Å². The zero-order valence-corrected chi connectivity index (χ0v) is 17.8. The summed E-state index contributed by atoms with van der Waals surface area (Å²) in [7, 11) is 8.58. The normalized spacial score (nSPS) is 26.2. The fourth-order valence-electron chi connectivity index (χ4n) is 4.09. The van der Waals surface area contributed by atoms with Gasteiger partial charge in [-0.3, -0.25) is 0 Å². The molecule has 1 aromatic rings. The first kappa shape index (κ1) is 20.1. The largest absolute Gasteiger partial charge is 0.398 e. The van der Waals surface area contributed by atoms with Gasteiger partial charge in [0.2, 0.25) is 0 Å². The fourth-order valence-corrected chi connectivity index (χ4v) is 4.57. The van der Waals surface area contributed by atoms with Crippen molar-refractivity contribution < 1.29 is 4.74 Å².